The summed E-state index contributed by atoms with van der Waals surface area (Å²) in [4.78, 5) is 7.65. The van der Waals surface area contributed by atoms with Crippen LogP contribution in [0.2, 0.25) is 0 Å². The van der Waals surface area contributed by atoms with Crippen LogP contribution in [-0.2, 0) is 16.2 Å². The molecule has 64 heavy (non-hydrogen) atoms. The summed E-state index contributed by atoms with van der Waals surface area (Å²) in [6, 6.07) is 50.8. The quantitative estimate of drug-likeness (QED) is 0.106. The summed E-state index contributed by atoms with van der Waals surface area (Å²) in [7, 11) is 0. The van der Waals surface area contributed by atoms with Gasteiger partial charge in [-0.05, 0) is 127 Å². The van der Waals surface area contributed by atoms with Gasteiger partial charge in [0, 0.05) is 46.4 Å². The molecule has 0 radical (unpaired) electrons. The molecule has 4 heteroatoms. The van der Waals surface area contributed by atoms with Crippen molar-refractivity contribution in [2.24, 2.45) is 10.8 Å². The van der Waals surface area contributed by atoms with Gasteiger partial charge in [0.1, 0.15) is 0 Å². The van der Waals surface area contributed by atoms with Crippen molar-refractivity contribution < 1.29 is 0 Å². The normalized spacial score (nSPS) is 14.9. The lowest BCUT2D eigenvalue weighted by atomic mass is 9.33. The molecule has 1 unspecified atom stereocenters. The predicted octanol–water partition coefficient (Wildman–Crippen LogP) is 15.2. The molecule has 6 aromatic carbocycles. The first-order valence-corrected chi connectivity index (χ1v) is 23.8. The van der Waals surface area contributed by atoms with Gasteiger partial charge in [0.25, 0.3) is 6.71 Å². The monoisotopic (exact) mass is 846 g/mol. The second kappa shape index (κ2) is 16.5. The summed E-state index contributed by atoms with van der Waals surface area (Å²) < 4.78 is 0. The highest BCUT2D eigenvalue weighted by atomic mass is 15.2. The second-order valence-electron chi connectivity index (χ2n) is 22.9. The van der Waals surface area contributed by atoms with Crippen molar-refractivity contribution in [3.05, 3.63) is 162 Å². The molecule has 3 nitrogen and oxygen atoms in total. The third kappa shape index (κ3) is 8.34. The summed E-state index contributed by atoms with van der Waals surface area (Å²) in [6.07, 6.45) is 7.31. The average Bonchev–Trinajstić information content (AvgIpc) is 3.23. The van der Waals surface area contributed by atoms with Crippen molar-refractivity contribution in [1.82, 2.24) is 0 Å². The van der Waals surface area contributed by atoms with Crippen LogP contribution in [0.15, 0.2) is 146 Å². The highest BCUT2D eigenvalue weighted by molar-refractivity contribution is 7.00. The number of anilines is 8. The van der Waals surface area contributed by atoms with Gasteiger partial charge in [0.05, 0.1) is 5.69 Å². The Labute approximate surface area is 387 Å². The summed E-state index contributed by atoms with van der Waals surface area (Å²) >= 11 is 0. The first-order valence-electron chi connectivity index (χ1n) is 23.8. The lowest BCUT2D eigenvalue weighted by molar-refractivity contribution is 0.154. The van der Waals surface area contributed by atoms with Gasteiger partial charge in [0.2, 0.25) is 0 Å². The van der Waals surface area contributed by atoms with E-state index < -0.39 is 0 Å². The number of hydrogen-bond acceptors (Lipinski definition) is 3. The zero-order valence-corrected chi connectivity index (χ0v) is 41.4. The van der Waals surface area contributed by atoms with Gasteiger partial charge in [-0.15, -0.1) is 0 Å². The fourth-order valence-electron chi connectivity index (χ4n) is 9.97. The largest absolute Gasteiger partial charge is 0.338 e. The van der Waals surface area contributed by atoms with Gasteiger partial charge < -0.3 is 14.7 Å². The highest BCUT2D eigenvalue weighted by Crippen LogP contribution is 2.48. The van der Waals surface area contributed by atoms with Crippen molar-refractivity contribution in [1.29, 1.82) is 0 Å². The maximum atomic E-state index is 2.64. The minimum Gasteiger partial charge on any atom is -0.338 e. The van der Waals surface area contributed by atoms with Gasteiger partial charge >= 0.3 is 0 Å². The first kappa shape index (κ1) is 45.1. The maximum Gasteiger partial charge on any atom is 0.252 e. The van der Waals surface area contributed by atoms with E-state index in [1.807, 2.05) is 0 Å². The SMILES string of the molecule is CCCC(C)(/C=C\CN1c2ccc(C(C)(C)C)cc2B2c3cc(C(C)(C)C)ccc3N(c3ccc(C(C)(C)C)cc3)c3cc(N(c4ccccc4)c4ccccc4)cc1c32)C(C)(C)C. The Morgan fingerprint density at radius 2 is 0.984 bits per heavy atom. The third-order valence-corrected chi connectivity index (χ3v) is 14.4. The van der Waals surface area contributed by atoms with E-state index in [9.17, 15) is 0 Å². The molecule has 8 rings (SSSR count). The molecule has 2 aliphatic rings. The Morgan fingerprint density at radius 1 is 0.500 bits per heavy atom. The van der Waals surface area contributed by atoms with Gasteiger partial charge in [0.15, 0.2) is 0 Å². The van der Waals surface area contributed by atoms with E-state index in [1.165, 1.54) is 61.5 Å². The highest BCUT2D eigenvalue weighted by Gasteiger charge is 2.44. The third-order valence-electron chi connectivity index (χ3n) is 14.4. The number of benzene rings is 6. The Bertz CT molecular complexity index is 2610. The van der Waals surface area contributed by atoms with Crippen LogP contribution in [0.5, 0.6) is 0 Å². The fourth-order valence-corrected chi connectivity index (χ4v) is 9.97. The lowest BCUT2D eigenvalue weighted by Crippen LogP contribution is -2.62. The molecule has 2 heterocycles. The van der Waals surface area contributed by atoms with E-state index in [0.29, 0.717) is 0 Å². The van der Waals surface area contributed by atoms with Gasteiger partial charge in [-0.25, -0.2) is 0 Å². The second-order valence-corrected chi connectivity index (χ2v) is 22.9. The average molecular weight is 846 g/mol. The number of para-hydroxylation sites is 2. The Kier molecular flexibility index (Phi) is 11.6. The molecule has 2 aliphatic heterocycles. The number of nitrogens with zero attached hydrogens (tertiary/aromatic N) is 3. The standard InChI is InChI=1S/C60H72BN3/c1-15-35-60(14,59(11,12)13)36-22-37-62-51-33-29-43(57(5,6)7)38-49(51)61-50-39-44(58(8,9)10)30-34-52(50)64(47-31-27-42(28-32-47)56(2,3)4)54-41-48(40-53(62)55(54)61)63(45-23-18-16-19-24-45)46-25-20-17-21-26-46/h16-34,36,38-41H,15,35,37H2,1-14H3/b36-22-. The van der Waals surface area contributed by atoms with Crippen molar-refractivity contribution in [2.45, 2.75) is 126 Å². The molecule has 0 N–H and O–H groups in total. The molecule has 0 amide bonds. The van der Waals surface area contributed by atoms with Crippen molar-refractivity contribution in [2.75, 3.05) is 21.2 Å². The molecule has 1 atom stereocenters. The van der Waals surface area contributed by atoms with Crippen molar-refractivity contribution in [3.63, 3.8) is 0 Å². The van der Waals surface area contributed by atoms with Crippen LogP contribution < -0.4 is 31.1 Å². The molecule has 0 saturated carbocycles. The number of allylic oxidation sites excluding steroid dienone is 1. The van der Waals surface area contributed by atoms with Crippen LogP contribution in [0.3, 0.4) is 0 Å². The molecule has 330 valence electrons. The minimum atomic E-state index is -0.0210. The summed E-state index contributed by atoms with van der Waals surface area (Å²) in [5.74, 6) is 0. The zero-order chi connectivity index (χ0) is 46.0. The van der Waals surface area contributed by atoms with E-state index in [4.69, 9.17) is 0 Å². The Balaban J connectivity index is 1.49. The van der Waals surface area contributed by atoms with Crippen LogP contribution in [0.1, 0.15) is 126 Å². The molecule has 0 spiro atoms. The van der Waals surface area contributed by atoms with E-state index >= 15 is 0 Å². The van der Waals surface area contributed by atoms with Crippen molar-refractivity contribution >= 4 is 68.6 Å². The molecule has 0 aromatic heterocycles. The van der Waals surface area contributed by atoms with E-state index in [0.717, 1.165) is 36.4 Å². The van der Waals surface area contributed by atoms with Gasteiger partial charge in [-0.2, -0.15) is 0 Å². The lowest BCUT2D eigenvalue weighted by Gasteiger charge is -2.45. The Morgan fingerprint density at radius 3 is 1.48 bits per heavy atom. The number of hydrogen-bond donors (Lipinski definition) is 0. The zero-order valence-electron chi connectivity index (χ0n) is 41.4. The summed E-state index contributed by atoms with van der Waals surface area (Å²) in [5.41, 5.74) is 17.9. The van der Waals surface area contributed by atoms with Crippen LogP contribution in [0, 0.1) is 10.8 Å². The van der Waals surface area contributed by atoms with Crippen LogP contribution >= 0.6 is 0 Å². The van der Waals surface area contributed by atoms with E-state index in [-0.39, 0.29) is 33.8 Å². The maximum absolute atomic E-state index is 2.64. The number of rotatable bonds is 9. The van der Waals surface area contributed by atoms with Gasteiger partial charge in [-0.1, -0.05) is 188 Å². The summed E-state index contributed by atoms with van der Waals surface area (Å²) in [6.45, 7) is 33.7. The smallest absolute Gasteiger partial charge is 0.252 e. The van der Waals surface area contributed by atoms with Crippen LogP contribution in [0.25, 0.3) is 0 Å². The van der Waals surface area contributed by atoms with Crippen LogP contribution in [0.4, 0.5) is 45.5 Å². The molecular weight excluding hydrogens is 773 g/mol. The van der Waals surface area contributed by atoms with Crippen LogP contribution in [-0.4, -0.2) is 13.3 Å². The molecule has 0 fully saturated rings. The summed E-state index contributed by atoms with van der Waals surface area (Å²) in [5, 5.41) is 0. The Hall–Kier alpha value is -5.48. The molecular formula is C60H72BN3. The van der Waals surface area contributed by atoms with Gasteiger partial charge in [-0.3, -0.25) is 0 Å². The van der Waals surface area contributed by atoms with E-state index in [2.05, 4.69) is 257 Å². The molecule has 0 saturated heterocycles. The number of fused-ring (bicyclic) bond motifs is 4. The molecule has 0 bridgehead atoms. The van der Waals surface area contributed by atoms with E-state index in [1.54, 1.807) is 0 Å². The van der Waals surface area contributed by atoms with Crippen molar-refractivity contribution in [3.8, 4) is 0 Å². The first-order chi connectivity index (χ1) is 30.1. The minimum absolute atomic E-state index is 0.0150. The fraction of sp³-hybridized carbons (Fsp3) is 0.367. The molecule has 0 aliphatic carbocycles. The predicted molar refractivity (Wildman–Crippen MR) is 282 cm³/mol. The molecule has 6 aromatic rings. The topological polar surface area (TPSA) is 9.72 Å².